The van der Waals surface area contributed by atoms with E-state index in [1.165, 1.54) is 12.1 Å². The second kappa shape index (κ2) is 6.48. The predicted molar refractivity (Wildman–Crippen MR) is 93.1 cm³/mol. The Morgan fingerprint density at radius 3 is 2.27 bits per heavy atom. The van der Waals surface area contributed by atoms with Crippen LogP contribution in [0.15, 0.2) is 48.5 Å². The maximum atomic E-state index is 12.3. The van der Waals surface area contributed by atoms with Crippen LogP contribution in [-0.2, 0) is 0 Å². The van der Waals surface area contributed by atoms with Gasteiger partial charge in [0.1, 0.15) is 11.6 Å². The van der Waals surface area contributed by atoms with E-state index in [0.29, 0.717) is 11.4 Å². The van der Waals surface area contributed by atoms with Crippen molar-refractivity contribution in [2.45, 2.75) is 19.2 Å². The van der Waals surface area contributed by atoms with Crippen molar-refractivity contribution >= 4 is 16.7 Å². The van der Waals surface area contributed by atoms with Crippen LogP contribution in [-0.4, -0.2) is 29.4 Å². The summed E-state index contributed by atoms with van der Waals surface area (Å²) in [6, 6.07) is 13.4. The van der Waals surface area contributed by atoms with Gasteiger partial charge < -0.3 is 9.64 Å². The van der Waals surface area contributed by atoms with E-state index in [1.54, 1.807) is 12.1 Å². The fourth-order valence-electron chi connectivity index (χ4n) is 3.16. The standard InChI is InChI=1S/C19H16F3N3O/c20-19(21,22)26-14-9-7-13(8-10-14)17-23-16-6-2-1-5-15(16)18(24-17)25-11-3-4-12-25/h1-2,5-10H,3-4,11-12H2. The highest BCUT2D eigenvalue weighted by atomic mass is 19.4. The van der Waals surface area contributed by atoms with Gasteiger partial charge in [0, 0.05) is 24.0 Å². The summed E-state index contributed by atoms with van der Waals surface area (Å²) in [5.74, 6) is 1.10. The molecule has 0 radical (unpaired) electrons. The maximum absolute atomic E-state index is 12.3. The van der Waals surface area contributed by atoms with Gasteiger partial charge in [-0.1, -0.05) is 12.1 Å². The Morgan fingerprint density at radius 2 is 1.58 bits per heavy atom. The summed E-state index contributed by atoms with van der Waals surface area (Å²) >= 11 is 0. The summed E-state index contributed by atoms with van der Waals surface area (Å²) in [4.78, 5) is 11.5. The normalized spacial score (nSPS) is 14.8. The number of fused-ring (bicyclic) bond motifs is 1. The van der Waals surface area contributed by atoms with Crippen LogP contribution in [0, 0.1) is 0 Å². The van der Waals surface area contributed by atoms with E-state index in [4.69, 9.17) is 4.98 Å². The smallest absolute Gasteiger partial charge is 0.406 e. The number of hydrogen-bond acceptors (Lipinski definition) is 4. The first-order chi connectivity index (χ1) is 12.5. The molecule has 3 aromatic rings. The van der Waals surface area contributed by atoms with Crippen molar-refractivity contribution in [3.05, 3.63) is 48.5 Å². The Labute approximate surface area is 148 Å². The van der Waals surface area contributed by atoms with Crippen molar-refractivity contribution in [2.24, 2.45) is 0 Å². The third kappa shape index (κ3) is 3.42. The summed E-state index contributed by atoms with van der Waals surface area (Å²) in [7, 11) is 0. The molecule has 1 saturated heterocycles. The van der Waals surface area contributed by atoms with E-state index in [-0.39, 0.29) is 5.75 Å². The molecule has 7 heteroatoms. The van der Waals surface area contributed by atoms with Crippen molar-refractivity contribution in [1.82, 2.24) is 9.97 Å². The van der Waals surface area contributed by atoms with E-state index in [9.17, 15) is 13.2 Å². The number of anilines is 1. The van der Waals surface area contributed by atoms with Crippen LogP contribution >= 0.6 is 0 Å². The molecule has 26 heavy (non-hydrogen) atoms. The molecule has 1 fully saturated rings. The van der Waals surface area contributed by atoms with Gasteiger partial charge in [-0.05, 0) is 49.2 Å². The summed E-state index contributed by atoms with van der Waals surface area (Å²) in [6.45, 7) is 1.89. The average molecular weight is 359 g/mol. The lowest BCUT2D eigenvalue weighted by molar-refractivity contribution is -0.274. The van der Waals surface area contributed by atoms with E-state index in [0.717, 1.165) is 42.7 Å². The Morgan fingerprint density at radius 1 is 0.885 bits per heavy atom. The van der Waals surface area contributed by atoms with Crippen LogP contribution < -0.4 is 9.64 Å². The molecule has 0 aliphatic carbocycles. The van der Waals surface area contributed by atoms with Gasteiger partial charge in [0.2, 0.25) is 0 Å². The van der Waals surface area contributed by atoms with Crippen LogP contribution in [0.2, 0.25) is 0 Å². The molecule has 134 valence electrons. The number of rotatable bonds is 3. The molecule has 1 aliphatic rings. The molecule has 1 aliphatic heterocycles. The summed E-state index contributed by atoms with van der Waals surface area (Å²) < 4.78 is 40.9. The van der Waals surface area contributed by atoms with Crippen molar-refractivity contribution in [1.29, 1.82) is 0 Å². The molecule has 0 amide bonds. The Bertz CT molecular complexity index is 919. The van der Waals surface area contributed by atoms with Gasteiger partial charge in [-0.2, -0.15) is 0 Å². The quantitative estimate of drug-likeness (QED) is 0.674. The molecule has 1 aromatic heterocycles. The van der Waals surface area contributed by atoms with Crippen LogP contribution in [0.4, 0.5) is 19.0 Å². The molecule has 0 saturated carbocycles. The van der Waals surface area contributed by atoms with E-state index in [1.807, 2.05) is 24.3 Å². The van der Waals surface area contributed by atoms with Gasteiger partial charge in [0.05, 0.1) is 5.52 Å². The first-order valence-electron chi connectivity index (χ1n) is 8.37. The third-order valence-corrected chi connectivity index (χ3v) is 4.33. The lowest BCUT2D eigenvalue weighted by Gasteiger charge is -2.19. The van der Waals surface area contributed by atoms with Gasteiger partial charge in [0.25, 0.3) is 0 Å². The second-order valence-corrected chi connectivity index (χ2v) is 6.15. The molecule has 0 spiro atoms. The van der Waals surface area contributed by atoms with Crippen LogP contribution in [0.5, 0.6) is 5.75 Å². The Balaban J connectivity index is 1.74. The molecule has 2 aromatic carbocycles. The summed E-state index contributed by atoms with van der Waals surface area (Å²) in [6.07, 6.45) is -2.46. The number of nitrogens with zero attached hydrogens (tertiary/aromatic N) is 3. The highest BCUT2D eigenvalue weighted by Crippen LogP contribution is 2.31. The van der Waals surface area contributed by atoms with Gasteiger partial charge >= 0.3 is 6.36 Å². The van der Waals surface area contributed by atoms with Crippen molar-refractivity contribution in [3.63, 3.8) is 0 Å². The van der Waals surface area contributed by atoms with Crippen molar-refractivity contribution in [2.75, 3.05) is 18.0 Å². The number of aromatic nitrogens is 2. The fourth-order valence-corrected chi connectivity index (χ4v) is 3.16. The van der Waals surface area contributed by atoms with Gasteiger partial charge in [-0.15, -0.1) is 13.2 Å². The van der Waals surface area contributed by atoms with E-state index in [2.05, 4.69) is 14.6 Å². The van der Waals surface area contributed by atoms with Gasteiger partial charge in [0.15, 0.2) is 5.82 Å². The monoisotopic (exact) mass is 359 g/mol. The molecule has 0 N–H and O–H groups in total. The first-order valence-corrected chi connectivity index (χ1v) is 8.37. The Kier molecular flexibility index (Phi) is 4.14. The minimum absolute atomic E-state index is 0.262. The molecule has 4 nitrogen and oxygen atoms in total. The molecule has 0 atom stereocenters. The van der Waals surface area contributed by atoms with E-state index < -0.39 is 6.36 Å². The van der Waals surface area contributed by atoms with Crippen LogP contribution in [0.1, 0.15) is 12.8 Å². The van der Waals surface area contributed by atoms with Gasteiger partial charge in [-0.25, -0.2) is 9.97 Å². The highest BCUT2D eigenvalue weighted by molar-refractivity contribution is 5.91. The number of hydrogen-bond donors (Lipinski definition) is 0. The number of para-hydroxylation sites is 1. The minimum Gasteiger partial charge on any atom is -0.406 e. The lowest BCUT2D eigenvalue weighted by Crippen LogP contribution is -2.20. The first kappa shape index (κ1) is 16.6. The van der Waals surface area contributed by atoms with Crippen LogP contribution in [0.3, 0.4) is 0 Å². The largest absolute Gasteiger partial charge is 0.573 e. The zero-order valence-electron chi connectivity index (χ0n) is 13.8. The van der Waals surface area contributed by atoms with E-state index >= 15 is 0 Å². The van der Waals surface area contributed by atoms with Crippen molar-refractivity contribution in [3.8, 4) is 17.1 Å². The highest BCUT2D eigenvalue weighted by Gasteiger charge is 2.31. The third-order valence-electron chi connectivity index (χ3n) is 4.33. The Hall–Kier alpha value is -2.83. The fraction of sp³-hybridized carbons (Fsp3) is 0.263. The molecule has 4 rings (SSSR count). The second-order valence-electron chi connectivity index (χ2n) is 6.15. The predicted octanol–water partition coefficient (Wildman–Crippen LogP) is 4.80. The SMILES string of the molecule is FC(F)(F)Oc1ccc(-c2nc(N3CCCC3)c3ccccc3n2)cc1. The van der Waals surface area contributed by atoms with Crippen LogP contribution in [0.25, 0.3) is 22.3 Å². The minimum atomic E-state index is -4.70. The maximum Gasteiger partial charge on any atom is 0.573 e. The summed E-state index contributed by atoms with van der Waals surface area (Å²) in [5, 5.41) is 0.982. The number of ether oxygens (including phenoxy) is 1. The molecular formula is C19H16F3N3O. The lowest BCUT2D eigenvalue weighted by atomic mass is 10.1. The summed E-state index contributed by atoms with van der Waals surface area (Å²) in [5.41, 5.74) is 1.46. The topological polar surface area (TPSA) is 38.2 Å². The molecule has 0 unspecified atom stereocenters. The number of alkyl halides is 3. The van der Waals surface area contributed by atoms with Gasteiger partial charge in [-0.3, -0.25) is 0 Å². The molecule has 0 bridgehead atoms. The molecule has 2 heterocycles. The number of halogens is 3. The average Bonchev–Trinajstić information content (AvgIpc) is 3.14. The van der Waals surface area contributed by atoms with Crippen molar-refractivity contribution < 1.29 is 17.9 Å². The number of benzene rings is 2. The zero-order chi connectivity index (χ0) is 18.1. The molecular weight excluding hydrogens is 343 g/mol. The zero-order valence-corrected chi connectivity index (χ0v) is 13.8.